The van der Waals surface area contributed by atoms with E-state index in [1.165, 1.54) is 0 Å². The largest absolute Gasteiger partial charge is 0.240 e. The lowest BCUT2D eigenvalue weighted by atomic mass is 9.98. The highest BCUT2D eigenvalue weighted by atomic mass is 127. The number of nitrogens with one attached hydrogen (secondary N) is 1. The van der Waals surface area contributed by atoms with Gasteiger partial charge in [0.15, 0.2) is 0 Å². The summed E-state index contributed by atoms with van der Waals surface area (Å²) in [4.78, 5) is 0.317. The zero-order chi connectivity index (χ0) is 12.4. The molecular weight excluding hydrogens is 337 g/mol. The summed E-state index contributed by atoms with van der Waals surface area (Å²) < 4.78 is 27.4. The van der Waals surface area contributed by atoms with Gasteiger partial charge in [-0.2, -0.15) is 0 Å². The second kappa shape index (κ2) is 5.01. The van der Waals surface area contributed by atoms with Gasteiger partial charge in [0.05, 0.1) is 4.90 Å². The van der Waals surface area contributed by atoms with Gasteiger partial charge in [-0.15, -0.1) is 0 Å². The summed E-state index contributed by atoms with van der Waals surface area (Å²) in [5, 5.41) is 0. The summed E-state index contributed by atoms with van der Waals surface area (Å²) in [6.07, 6.45) is 0. The van der Waals surface area contributed by atoms with Crippen LogP contribution in [-0.2, 0) is 10.0 Å². The molecule has 0 aromatic heterocycles. The second-order valence-corrected chi connectivity index (χ2v) is 7.85. The van der Waals surface area contributed by atoms with Crippen molar-refractivity contribution in [3.05, 3.63) is 27.8 Å². The van der Waals surface area contributed by atoms with E-state index in [9.17, 15) is 8.42 Å². The molecule has 0 atom stereocenters. The van der Waals surface area contributed by atoms with Gasteiger partial charge in [-0.25, -0.2) is 13.1 Å². The molecule has 3 nitrogen and oxygen atoms in total. The van der Waals surface area contributed by atoms with Crippen molar-refractivity contribution in [1.29, 1.82) is 0 Å². The third-order valence-corrected chi connectivity index (χ3v) is 4.05. The molecule has 1 N–H and O–H groups in total. The molecule has 1 rings (SSSR count). The quantitative estimate of drug-likeness (QED) is 0.850. The van der Waals surface area contributed by atoms with E-state index in [0.29, 0.717) is 11.4 Å². The van der Waals surface area contributed by atoms with Crippen LogP contribution < -0.4 is 4.72 Å². The monoisotopic (exact) mass is 353 g/mol. The normalized spacial score (nSPS) is 12.8. The number of rotatable bonds is 3. The van der Waals surface area contributed by atoms with Gasteiger partial charge in [-0.1, -0.05) is 20.8 Å². The van der Waals surface area contributed by atoms with Crippen molar-refractivity contribution in [2.75, 3.05) is 6.54 Å². The first kappa shape index (κ1) is 13.9. The maximum atomic E-state index is 11.9. The van der Waals surface area contributed by atoms with E-state index in [2.05, 4.69) is 27.3 Å². The Balaban J connectivity index is 2.83. The number of sulfonamides is 1. The van der Waals surface area contributed by atoms with Crippen molar-refractivity contribution in [3.8, 4) is 0 Å². The summed E-state index contributed by atoms with van der Waals surface area (Å²) in [5.74, 6) is 0. The van der Waals surface area contributed by atoms with Crippen LogP contribution >= 0.6 is 22.6 Å². The molecule has 0 aliphatic carbocycles. The summed E-state index contributed by atoms with van der Waals surface area (Å²) in [5.41, 5.74) is -0.0593. The molecule has 0 heterocycles. The van der Waals surface area contributed by atoms with Crippen LogP contribution in [0.2, 0.25) is 0 Å². The van der Waals surface area contributed by atoms with Crippen molar-refractivity contribution in [1.82, 2.24) is 4.72 Å². The Morgan fingerprint density at radius 1 is 1.19 bits per heavy atom. The van der Waals surface area contributed by atoms with Crippen LogP contribution in [0.1, 0.15) is 20.8 Å². The van der Waals surface area contributed by atoms with Crippen LogP contribution in [0.15, 0.2) is 29.2 Å². The minimum absolute atomic E-state index is 0.0593. The molecule has 0 unspecified atom stereocenters. The van der Waals surface area contributed by atoms with Gasteiger partial charge in [0.25, 0.3) is 0 Å². The fraction of sp³-hybridized carbons (Fsp3) is 0.455. The standard InChI is InChI=1S/C11H16INO2S/c1-11(2,3)8-13-16(14,15)10-6-4-9(12)5-7-10/h4-7,13H,8H2,1-3H3. The molecule has 1 aromatic rings. The maximum Gasteiger partial charge on any atom is 0.240 e. The fourth-order valence-corrected chi connectivity index (χ4v) is 2.65. The van der Waals surface area contributed by atoms with E-state index in [1.54, 1.807) is 24.3 Å². The molecule has 90 valence electrons. The first-order valence-electron chi connectivity index (χ1n) is 4.96. The van der Waals surface area contributed by atoms with Crippen LogP contribution in [0.3, 0.4) is 0 Å². The first-order valence-corrected chi connectivity index (χ1v) is 7.52. The van der Waals surface area contributed by atoms with Crippen LogP contribution in [-0.4, -0.2) is 15.0 Å². The van der Waals surface area contributed by atoms with E-state index >= 15 is 0 Å². The topological polar surface area (TPSA) is 46.2 Å². The average Bonchev–Trinajstić information content (AvgIpc) is 2.15. The molecule has 0 saturated heterocycles. The van der Waals surface area contributed by atoms with E-state index in [1.807, 2.05) is 20.8 Å². The Morgan fingerprint density at radius 2 is 1.69 bits per heavy atom. The maximum absolute atomic E-state index is 11.9. The van der Waals surface area contributed by atoms with E-state index in [-0.39, 0.29) is 5.41 Å². The van der Waals surface area contributed by atoms with Gasteiger partial charge in [0, 0.05) is 10.1 Å². The highest BCUT2D eigenvalue weighted by Crippen LogP contribution is 2.15. The van der Waals surface area contributed by atoms with Crippen molar-refractivity contribution in [2.24, 2.45) is 5.41 Å². The SMILES string of the molecule is CC(C)(C)CNS(=O)(=O)c1ccc(I)cc1. The second-order valence-electron chi connectivity index (χ2n) is 4.84. The smallest absolute Gasteiger partial charge is 0.211 e. The van der Waals surface area contributed by atoms with Gasteiger partial charge in [-0.3, -0.25) is 0 Å². The predicted octanol–water partition coefficient (Wildman–Crippen LogP) is 2.62. The third-order valence-electron chi connectivity index (χ3n) is 1.92. The Kier molecular flexibility index (Phi) is 4.36. The van der Waals surface area contributed by atoms with Crippen LogP contribution in [0.4, 0.5) is 0 Å². The van der Waals surface area contributed by atoms with Crippen LogP contribution in [0.5, 0.6) is 0 Å². The molecule has 0 aliphatic heterocycles. The number of hydrogen-bond donors (Lipinski definition) is 1. The van der Waals surface area contributed by atoms with Crippen LogP contribution in [0, 0.1) is 8.99 Å². The van der Waals surface area contributed by atoms with Gasteiger partial charge in [0.1, 0.15) is 0 Å². The molecule has 1 aromatic carbocycles. The molecule has 0 saturated carbocycles. The highest BCUT2D eigenvalue weighted by Gasteiger charge is 2.17. The van der Waals surface area contributed by atoms with E-state index in [0.717, 1.165) is 3.57 Å². The summed E-state index contributed by atoms with van der Waals surface area (Å²) in [7, 11) is -3.36. The van der Waals surface area contributed by atoms with Crippen molar-refractivity contribution < 1.29 is 8.42 Å². The van der Waals surface area contributed by atoms with Crippen molar-refractivity contribution in [3.63, 3.8) is 0 Å². The van der Waals surface area contributed by atoms with Crippen LogP contribution in [0.25, 0.3) is 0 Å². The zero-order valence-corrected chi connectivity index (χ0v) is 12.6. The van der Waals surface area contributed by atoms with Crippen molar-refractivity contribution in [2.45, 2.75) is 25.7 Å². The Bertz CT molecular complexity index is 446. The number of benzene rings is 1. The van der Waals surface area contributed by atoms with Gasteiger partial charge < -0.3 is 0 Å². The predicted molar refractivity (Wildman–Crippen MR) is 73.8 cm³/mol. The van der Waals surface area contributed by atoms with Gasteiger partial charge >= 0.3 is 0 Å². The van der Waals surface area contributed by atoms with E-state index in [4.69, 9.17) is 0 Å². The lowest BCUT2D eigenvalue weighted by Crippen LogP contribution is -2.32. The summed E-state index contributed by atoms with van der Waals surface area (Å²) in [6.45, 7) is 6.40. The minimum atomic E-state index is -3.36. The Labute approximate surface area is 111 Å². The van der Waals surface area contributed by atoms with Gasteiger partial charge in [0.2, 0.25) is 10.0 Å². The molecule has 0 spiro atoms. The molecule has 16 heavy (non-hydrogen) atoms. The fourth-order valence-electron chi connectivity index (χ4n) is 1.01. The molecule has 0 fully saturated rings. The minimum Gasteiger partial charge on any atom is -0.211 e. The Morgan fingerprint density at radius 3 is 2.12 bits per heavy atom. The lowest BCUT2D eigenvalue weighted by Gasteiger charge is -2.18. The average molecular weight is 353 g/mol. The number of hydrogen-bond acceptors (Lipinski definition) is 2. The van der Waals surface area contributed by atoms with Gasteiger partial charge in [-0.05, 0) is 52.3 Å². The highest BCUT2D eigenvalue weighted by molar-refractivity contribution is 14.1. The molecule has 5 heteroatoms. The molecular formula is C11H16INO2S. The number of halogens is 1. The molecule has 0 bridgehead atoms. The van der Waals surface area contributed by atoms with Crippen molar-refractivity contribution >= 4 is 32.6 Å². The molecule has 0 radical (unpaired) electrons. The molecule has 0 amide bonds. The zero-order valence-electron chi connectivity index (χ0n) is 9.62. The summed E-state index contributed by atoms with van der Waals surface area (Å²) >= 11 is 2.14. The summed E-state index contributed by atoms with van der Waals surface area (Å²) in [6, 6.07) is 6.80. The van der Waals surface area contributed by atoms with E-state index < -0.39 is 10.0 Å². The lowest BCUT2D eigenvalue weighted by molar-refractivity contribution is 0.407. The third kappa shape index (κ3) is 4.39. The Hall–Kier alpha value is -0.140. The first-order chi connectivity index (χ1) is 7.21. The molecule has 0 aliphatic rings.